The fourth-order valence-electron chi connectivity index (χ4n) is 4.48. The lowest BCUT2D eigenvalue weighted by molar-refractivity contribution is -0.134. The molecule has 0 aromatic heterocycles. The van der Waals surface area contributed by atoms with Crippen LogP contribution in [0.3, 0.4) is 0 Å². The van der Waals surface area contributed by atoms with E-state index in [0.717, 1.165) is 26.2 Å². The van der Waals surface area contributed by atoms with Crippen LogP contribution in [0.5, 0.6) is 0 Å². The van der Waals surface area contributed by atoms with E-state index < -0.39 is 0 Å². The number of hydrogen-bond acceptors (Lipinski definition) is 4. The molecule has 0 bridgehead atoms. The number of para-hydroxylation sites is 1. The first-order valence-corrected chi connectivity index (χ1v) is 9.43. The van der Waals surface area contributed by atoms with Crippen molar-refractivity contribution in [1.29, 1.82) is 0 Å². The summed E-state index contributed by atoms with van der Waals surface area (Å²) in [5, 5.41) is 0. The minimum atomic E-state index is -0.0311. The minimum Gasteiger partial charge on any atom is -0.368 e. The van der Waals surface area contributed by atoms with Crippen molar-refractivity contribution in [3.05, 3.63) is 30.3 Å². The van der Waals surface area contributed by atoms with E-state index in [1.54, 1.807) is 0 Å². The number of rotatable bonds is 2. The van der Waals surface area contributed by atoms with Gasteiger partial charge in [-0.15, -0.1) is 0 Å². The van der Waals surface area contributed by atoms with Crippen LogP contribution in [0.15, 0.2) is 30.3 Å². The highest BCUT2D eigenvalue weighted by Crippen LogP contribution is 2.30. The summed E-state index contributed by atoms with van der Waals surface area (Å²) in [5.74, 6) is 0.761. The normalized spacial score (nSPS) is 30.8. The molecule has 1 aliphatic carbocycles. The lowest BCUT2D eigenvalue weighted by Gasteiger charge is -2.37. The molecule has 1 aromatic rings. The van der Waals surface area contributed by atoms with Crippen LogP contribution in [-0.4, -0.2) is 49.1 Å². The maximum Gasteiger partial charge on any atom is 0.241 e. The summed E-state index contributed by atoms with van der Waals surface area (Å²) in [6, 6.07) is 10.9. The van der Waals surface area contributed by atoms with Crippen LogP contribution < -0.4 is 15.8 Å². The Bertz CT molecular complexity index is 556. The summed E-state index contributed by atoms with van der Waals surface area (Å²) in [7, 11) is 0. The number of carbonyl (C=O) groups excluding carboxylic acids is 1. The van der Waals surface area contributed by atoms with Gasteiger partial charge in [0.05, 0.1) is 0 Å². The number of carbonyl (C=O) groups is 1. The molecule has 3 fully saturated rings. The van der Waals surface area contributed by atoms with E-state index in [-0.39, 0.29) is 6.04 Å². The van der Waals surface area contributed by atoms with Crippen molar-refractivity contribution in [2.45, 2.75) is 44.2 Å². The Balaban J connectivity index is 1.36. The van der Waals surface area contributed by atoms with E-state index in [0.29, 0.717) is 17.9 Å². The molecule has 4 rings (SSSR count). The third-order valence-corrected chi connectivity index (χ3v) is 5.90. The molecule has 2 saturated heterocycles. The number of piperazine rings is 1. The van der Waals surface area contributed by atoms with Gasteiger partial charge in [0, 0.05) is 43.8 Å². The lowest BCUT2D eigenvalue weighted by atomic mass is 9.89. The van der Waals surface area contributed by atoms with Crippen molar-refractivity contribution in [3.8, 4) is 0 Å². The van der Waals surface area contributed by atoms with Crippen LogP contribution >= 0.6 is 0 Å². The molecule has 1 saturated carbocycles. The number of nitrogens with one attached hydrogen (secondary N) is 2. The molecule has 24 heavy (non-hydrogen) atoms. The minimum absolute atomic E-state index is 0.0311. The molecule has 5 nitrogen and oxygen atoms in total. The average molecular weight is 328 g/mol. The van der Waals surface area contributed by atoms with Crippen LogP contribution in [0, 0.1) is 5.92 Å². The molecule has 5 heteroatoms. The van der Waals surface area contributed by atoms with Crippen LogP contribution in [0.2, 0.25) is 0 Å². The van der Waals surface area contributed by atoms with Gasteiger partial charge >= 0.3 is 0 Å². The zero-order chi connectivity index (χ0) is 16.4. The van der Waals surface area contributed by atoms with Gasteiger partial charge in [-0.25, -0.2) is 5.43 Å². The second-order valence-electron chi connectivity index (χ2n) is 7.32. The Labute approximate surface area is 144 Å². The molecule has 3 aliphatic rings. The summed E-state index contributed by atoms with van der Waals surface area (Å²) < 4.78 is 0. The lowest BCUT2D eigenvalue weighted by Crippen LogP contribution is -2.54. The molecule has 2 heterocycles. The van der Waals surface area contributed by atoms with Crippen molar-refractivity contribution < 1.29 is 4.79 Å². The second-order valence-corrected chi connectivity index (χ2v) is 7.32. The molecular formula is C19H28N4O. The number of amides is 1. The smallest absolute Gasteiger partial charge is 0.241 e. The SMILES string of the molecule is O=C(C1NNC2CCCCCC21)N1CCN(c2ccccc2)CC1. The van der Waals surface area contributed by atoms with Gasteiger partial charge in [0.25, 0.3) is 0 Å². The molecule has 130 valence electrons. The van der Waals surface area contributed by atoms with E-state index in [1.165, 1.54) is 37.8 Å². The van der Waals surface area contributed by atoms with Gasteiger partial charge in [-0.05, 0) is 25.0 Å². The monoisotopic (exact) mass is 328 g/mol. The van der Waals surface area contributed by atoms with Crippen LogP contribution in [0.4, 0.5) is 5.69 Å². The van der Waals surface area contributed by atoms with E-state index in [1.807, 2.05) is 6.07 Å². The number of nitrogens with zero attached hydrogens (tertiary/aromatic N) is 2. The zero-order valence-electron chi connectivity index (χ0n) is 14.3. The summed E-state index contributed by atoms with van der Waals surface area (Å²) in [5.41, 5.74) is 7.97. The Morgan fingerprint density at radius 3 is 2.46 bits per heavy atom. The van der Waals surface area contributed by atoms with Gasteiger partial charge in [-0.2, -0.15) is 0 Å². The quantitative estimate of drug-likeness (QED) is 0.868. The predicted molar refractivity (Wildman–Crippen MR) is 95.7 cm³/mol. The van der Waals surface area contributed by atoms with Gasteiger partial charge in [0.1, 0.15) is 6.04 Å². The number of fused-ring (bicyclic) bond motifs is 1. The molecule has 1 aromatic carbocycles. The molecule has 3 atom stereocenters. The predicted octanol–water partition coefficient (Wildman–Crippen LogP) is 1.76. The highest BCUT2D eigenvalue weighted by atomic mass is 16.2. The first-order chi connectivity index (χ1) is 11.8. The highest BCUT2D eigenvalue weighted by molar-refractivity contribution is 5.83. The second kappa shape index (κ2) is 7.11. The number of benzene rings is 1. The topological polar surface area (TPSA) is 47.6 Å². The molecule has 1 amide bonds. The highest BCUT2D eigenvalue weighted by Gasteiger charge is 2.42. The maximum absolute atomic E-state index is 13.0. The number of hydrogen-bond donors (Lipinski definition) is 2. The van der Waals surface area contributed by atoms with Crippen LogP contribution in [0.25, 0.3) is 0 Å². The van der Waals surface area contributed by atoms with Crippen LogP contribution in [-0.2, 0) is 4.79 Å². The first-order valence-electron chi connectivity index (χ1n) is 9.43. The molecule has 0 spiro atoms. The standard InChI is InChI=1S/C19H28N4O/c24-19(18-16-9-5-2-6-10-17(16)20-21-18)23-13-11-22(12-14-23)15-7-3-1-4-8-15/h1,3-4,7-8,16-18,20-21H,2,5-6,9-14H2. The van der Waals surface area contributed by atoms with Crippen molar-refractivity contribution in [1.82, 2.24) is 15.8 Å². The van der Waals surface area contributed by atoms with E-state index in [2.05, 4.69) is 44.9 Å². The largest absolute Gasteiger partial charge is 0.368 e. The Morgan fingerprint density at radius 2 is 1.67 bits per heavy atom. The number of anilines is 1. The molecule has 3 unspecified atom stereocenters. The fraction of sp³-hybridized carbons (Fsp3) is 0.632. The molecule has 2 aliphatic heterocycles. The van der Waals surface area contributed by atoms with Crippen LogP contribution in [0.1, 0.15) is 32.1 Å². The Hall–Kier alpha value is -1.59. The zero-order valence-corrected chi connectivity index (χ0v) is 14.3. The van der Waals surface area contributed by atoms with Crippen molar-refractivity contribution in [3.63, 3.8) is 0 Å². The van der Waals surface area contributed by atoms with Gasteiger partial charge in [-0.3, -0.25) is 10.2 Å². The van der Waals surface area contributed by atoms with Gasteiger partial charge < -0.3 is 9.80 Å². The third kappa shape index (κ3) is 3.15. The molecule has 2 N–H and O–H groups in total. The van der Waals surface area contributed by atoms with E-state index >= 15 is 0 Å². The van der Waals surface area contributed by atoms with Crippen molar-refractivity contribution in [2.75, 3.05) is 31.1 Å². The van der Waals surface area contributed by atoms with Gasteiger partial charge in [0.2, 0.25) is 5.91 Å². The summed E-state index contributed by atoms with van der Waals surface area (Å²) in [4.78, 5) is 17.5. The van der Waals surface area contributed by atoms with Gasteiger partial charge in [0.15, 0.2) is 0 Å². The Kier molecular flexibility index (Phi) is 4.72. The Morgan fingerprint density at radius 1 is 0.917 bits per heavy atom. The average Bonchev–Trinajstić information content (AvgIpc) is 2.90. The van der Waals surface area contributed by atoms with Gasteiger partial charge in [-0.1, -0.05) is 37.5 Å². The van der Waals surface area contributed by atoms with Crippen molar-refractivity contribution >= 4 is 11.6 Å². The molecular weight excluding hydrogens is 300 g/mol. The van der Waals surface area contributed by atoms with E-state index in [4.69, 9.17) is 0 Å². The summed E-state index contributed by atoms with van der Waals surface area (Å²) in [6.45, 7) is 3.49. The maximum atomic E-state index is 13.0. The number of hydrazine groups is 1. The summed E-state index contributed by atoms with van der Waals surface area (Å²) >= 11 is 0. The fourth-order valence-corrected chi connectivity index (χ4v) is 4.48. The summed E-state index contributed by atoms with van der Waals surface area (Å²) in [6.07, 6.45) is 6.22. The van der Waals surface area contributed by atoms with Crippen molar-refractivity contribution in [2.24, 2.45) is 5.92 Å². The van der Waals surface area contributed by atoms with E-state index in [9.17, 15) is 4.79 Å². The first kappa shape index (κ1) is 15.9. The molecule has 0 radical (unpaired) electrons. The third-order valence-electron chi connectivity index (χ3n) is 5.90.